The topological polar surface area (TPSA) is 79.0 Å². The Kier molecular flexibility index (Phi) is 5.67. The third kappa shape index (κ3) is 3.72. The third-order valence-electron chi connectivity index (χ3n) is 6.55. The Morgan fingerprint density at radius 1 is 1.19 bits per heavy atom. The molecular weight excluding hydrogens is 406 g/mol. The summed E-state index contributed by atoms with van der Waals surface area (Å²) in [6, 6.07) is 14.0. The summed E-state index contributed by atoms with van der Waals surface area (Å²) in [6.07, 6.45) is 1.80. The number of nitrogens with one attached hydrogen (secondary N) is 1. The van der Waals surface area contributed by atoms with Crippen LogP contribution >= 0.6 is 0 Å². The molecule has 0 saturated carbocycles. The lowest BCUT2D eigenvalue weighted by molar-refractivity contribution is -0.136. The van der Waals surface area contributed by atoms with E-state index in [9.17, 15) is 14.4 Å². The van der Waals surface area contributed by atoms with E-state index in [1.165, 1.54) is 0 Å². The summed E-state index contributed by atoms with van der Waals surface area (Å²) in [6.45, 7) is 5.33. The van der Waals surface area contributed by atoms with Gasteiger partial charge in [0.2, 0.25) is 5.91 Å². The molecule has 2 aromatic carbocycles. The molecule has 7 heteroatoms. The molecule has 7 nitrogen and oxygen atoms in total. The molecule has 1 N–H and O–H groups in total. The highest BCUT2D eigenvalue weighted by Crippen LogP contribution is 2.34. The minimum absolute atomic E-state index is 0.0235. The molecule has 0 aromatic heterocycles. The Bertz CT molecular complexity index is 1050. The van der Waals surface area contributed by atoms with Crippen LogP contribution in [0.25, 0.3) is 0 Å². The lowest BCUT2D eigenvalue weighted by Gasteiger charge is -2.30. The number of rotatable bonds is 6. The van der Waals surface area contributed by atoms with Gasteiger partial charge in [-0.15, -0.1) is 0 Å². The molecule has 2 aromatic rings. The van der Waals surface area contributed by atoms with Gasteiger partial charge < -0.3 is 15.0 Å². The number of fused-ring (bicyclic) bond motifs is 1. The molecule has 0 spiro atoms. The normalized spacial score (nSPS) is 23.2. The number of imide groups is 1. The predicted octanol–water partition coefficient (Wildman–Crippen LogP) is 3.30. The number of amides is 4. The maximum atomic E-state index is 13.4. The fourth-order valence-corrected chi connectivity index (χ4v) is 4.63. The van der Waals surface area contributed by atoms with Gasteiger partial charge in [0.05, 0.1) is 7.11 Å². The molecule has 0 radical (unpaired) electrons. The number of carbonyl (C=O) groups excluding carboxylic acids is 3. The molecule has 2 heterocycles. The number of anilines is 1. The molecule has 3 atom stereocenters. The molecule has 1 saturated heterocycles. The first-order valence-corrected chi connectivity index (χ1v) is 10.9. The van der Waals surface area contributed by atoms with E-state index in [0.29, 0.717) is 12.8 Å². The lowest BCUT2D eigenvalue weighted by atomic mass is 9.93. The second-order valence-corrected chi connectivity index (χ2v) is 8.85. The van der Waals surface area contributed by atoms with E-state index in [0.717, 1.165) is 33.9 Å². The molecule has 0 aliphatic carbocycles. The Morgan fingerprint density at radius 3 is 2.56 bits per heavy atom. The molecule has 0 unspecified atom stereocenters. The highest BCUT2D eigenvalue weighted by atomic mass is 16.5. The van der Waals surface area contributed by atoms with Gasteiger partial charge in [0, 0.05) is 11.7 Å². The van der Waals surface area contributed by atoms with E-state index < -0.39 is 17.6 Å². The zero-order chi connectivity index (χ0) is 23.0. The number of ether oxygens (including phenoxy) is 1. The standard InChI is InChI=1S/C25H29N3O4/c1-16-15-19-7-5-6-8-21(19)27(16)22(29)17(2)28-23(30)25(3,26-24(28)31)14-13-18-9-11-20(32-4)12-10-18/h5-12,16-17H,13-15H2,1-4H3,(H,26,31)/t16-,17+,25-/m0/s1. The van der Waals surface area contributed by atoms with Gasteiger partial charge in [-0.25, -0.2) is 9.69 Å². The summed E-state index contributed by atoms with van der Waals surface area (Å²) in [5, 5.41) is 2.82. The van der Waals surface area contributed by atoms with Crippen molar-refractivity contribution in [3.05, 3.63) is 59.7 Å². The van der Waals surface area contributed by atoms with Gasteiger partial charge >= 0.3 is 6.03 Å². The van der Waals surface area contributed by atoms with Crippen molar-refractivity contribution in [3.8, 4) is 5.75 Å². The molecule has 168 valence electrons. The highest BCUT2D eigenvalue weighted by molar-refractivity contribution is 6.11. The van der Waals surface area contributed by atoms with Crippen LogP contribution in [0.5, 0.6) is 5.75 Å². The molecule has 0 bridgehead atoms. The van der Waals surface area contributed by atoms with Crippen LogP contribution in [0.3, 0.4) is 0 Å². The Morgan fingerprint density at radius 2 is 1.88 bits per heavy atom. The van der Waals surface area contributed by atoms with Crippen LogP contribution in [0.2, 0.25) is 0 Å². The van der Waals surface area contributed by atoms with E-state index in [4.69, 9.17) is 4.74 Å². The first-order chi connectivity index (χ1) is 15.2. The zero-order valence-electron chi connectivity index (χ0n) is 18.9. The average Bonchev–Trinajstić information content (AvgIpc) is 3.23. The molecule has 32 heavy (non-hydrogen) atoms. The molecule has 4 amide bonds. The number of hydrogen-bond acceptors (Lipinski definition) is 4. The van der Waals surface area contributed by atoms with E-state index in [2.05, 4.69) is 5.32 Å². The number of methoxy groups -OCH3 is 1. The number of para-hydroxylation sites is 1. The summed E-state index contributed by atoms with van der Waals surface area (Å²) in [4.78, 5) is 42.3. The number of urea groups is 1. The van der Waals surface area contributed by atoms with Crippen LogP contribution in [0.4, 0.5) is 10.5 Å². The second-order valence-electron chi connectivity index (χ2n) is 8.85. The van der Waals surface area contributed by atoms with E-state index in [1.54, 1.807) is 25.9 Å². The zero-order valence-corrected chi connectivity index (χ0v) is 18.9. The van der Waals surface area contributed by atoms with E-state index >= 15 is 0 Å². The van der Waals surface area contributed by atoms with E-state index in [1.807, 2.05) is 55.5 Å². The first-order valence-electron chi connectivity index (χ1n) is 10.9. The van der Waals surface area contributed by atoms with Crippen LogP contribution in [-0.4, -0.2) is 47.5 Å². The van der Waals surface area contributed by atoms with Crippen molar-refractivity contribution in [2.24, 2.45) is 0 Å². The van der Waals surface area contributed by atoms with Gasteiger partial charge in [-0.05, 0) is 69.4 Å². The fourth-order valence-electron chi connectivity index (χ4n) is 4.63. The number of carbonyl (C=O) groups is 3. The lowest BCUT2D eigenvalue weighted by Crippen LogP contribution is -2.52. The van der Waals surface area contributed by atoms with Gasteiger partial charge in [-0.2, -0.15) is 0 Å². The van der Waals surface area contributed by atoms with Crippen LogP contribution in [0.15, 0.2) is 48.5 Å². The Balaban J connectivity index is 1.48. The quantitative estimate of drug-likeness (QED) is 0.706. The van der Waals surface area contributed by atoms with Gasteiger partial charge in [-0.3, -0.25) is 9.59 Å². The molecule has 2 aliphatic rings. The number of nitrogens with zero attached hydrogens (tertiary/aromatic N) is 2. The summed E-state index contributed by atoms with van der Waals surface area (Å²) in [7, 11) is 1.61. The first kappa shape index (κ1) is 21.9. The molecule has 4 rings (SSSR count). The van der Waals surface area contributed by atoms with Crippen molar-refractivity contribution in [1.82, 2.24) is 10.2 Å². The molecule has 2 aliphatic heterocycles. The number of hydrogen-bond donors (Lipinski definition) is 1. The summed E-state index contributed by atoms with van der Waals surface area (Å²) >= 11 is 0. The molecule has 1 fully saturated rings. The van der Waals surface area contributed by atoms with Crippen molar-refractivity contribution in [2.75, 3.05) is 12.0 Å². The Labute approximate surface area is 188 Å². The smallest absolute Gasteiger partial charge is 0.325 e. The second kappa shape index (κ2) is 8.30. The van der Waals surface area contributed by atoms with Crippen molar-refractivity contribution in [2.45, 2.75) is 57.7 Å². The maximum Gasteiger partial charge on any atom is 0.325 e. The number of benzene rings is 2. The summed E-state index contributed by atoms with van der Waals surface area (Å²) in [5.41, 5.74) is 1.94. The van der Waals surface area contributed by atoms with Gasteiger partial charge in [0.25, 0.3) is 5.91 Å². The van der Waals surface area contributed by atoms with Crippen LogP contribution in [-0.2, 0) is 22.4 Å². The van der Waals surface area contributed by atoms with Crippen molar-refractivity contribution in [1.29, 1.82) is 0 Å². The largest absolute Gasteiger partial charge is 0.497 e. The van der Waals surface area contributed by atoms with Crippen molar-refractivity contribution in [3.63, 3.8) is 0 Å². The van der Waals surface area contributed by atoms with Crippen LogP contribution in [0.1, 0.15) is 38.3 Å². The van der Waals surface area contributed by atoms with Crippen molar-refractivity contribution >= 4 is 23.5 Å². The van der Waals surface area contributed by atoms with Crippen LogP contribution in [0, 0.1) is 0 Å². The van der Waals surface area contributed by atoms with Crippen LogP contribution < -0.4 is 15.0 Å². The van der Waals surface area contributed by atoms with Gasteiger partial charge in [0.15, 0.2) is 0 Å². The van der Waals surface area contributed by atoms with E-state index in [-0.39, 0.29) is 17.9 Å². The SMILES string of the molecule is COc1ccc(CC[C@]2(C)NC(=O)N([C@H](C)C(=O)N3c4ccccc4C[C@@H]3C)C2=O)cc1. The monoisotopic (exact) mass is 435 g/mol. The maximum absolute atomic E-state index is 13.4. The minimum Gasteiger partial charge on any atom is -0.497 e. The van der Waals surface area contributed by atoms with Crippen molar-refractivity contribution < 1.29 is 19.1 Å². The fraction of sp³-hybridized carbons (Fsp3) is 0.400. The van der Waals surface area contributed by atoms with Gasteiger partial charge in [0.1, 0.15) is 17.3 Å². The highest BCUT2D eigenvalue weighted by Gasteiger charge is 2.51. The predicted molar refractivity (Wildman–Crippen MR) is 122 cm³/mol. The summed E-state index contributed by atoms with van der Waals surface area (Å²) in [5.74, 6) is 0.156. The third-order valence-corrected chi connectivity index (χ3v) is 6.55. The average molecular weight is 436 g/mol. The minimum atomic E-state index is -1.06. The Hall–Kier alpha value is -3.35. The van der Waals surface area contributed by atoms with Gasteiger partial charge in [-0.1, -0.05) is 30.3 Å². The summed E-state index contributed by atoms with van der Waals surface area (Å²) < 4.78 is 5.18. The number of aryl methyl sites for hydroxylation is 1. The molecular formula is C25H29N3O4.